The number of benzene rings is 4. The van der Waals surface area contributed by atoms with Crippen LogP contribution < -0.4 is 14.8 Å². The Bertz CT molecular complexity index is 1270. The van der Waals surface area contributed by atoms with Gasteiger partial charge in [0.25, 0.3) is 0 Å². The molecule has 0 spiro atoms. The molecule has 1 N–H and O–H groups in total. The fourth-order valence-corrected chi connectivity index (χ4v) is 3.76. The van der Waals surface area contributed by atoms with Crippen molar-refractivity contribution in [3.8, 4) is 11.5 Å². The number of hydrogen-bond acceptors (Lipinski definition) is 4. The van der Waals surface area contributed by atoms with Crippen molar-refractivity contribution in [2.75, 3.05) is 6.61 Å². The summed E-state index contributed by atoms with van der Waals surface area (Å²) in [5.41, 5.74) is 2.73. The van der Waals surface area contributed by atoms with Gasteiger partial charge in [-0.2, -0.15) is 0 Å². The molecule has 0 saturated heterocycles. The number of para-hydroxylation sites is 1. The Morgan fingerprint density at radius 2 is 1.55 bits per heavy atom. The van der Waals surface area contributed by atoms with Gasteiger partial charge in [-0.15, -0.1) is 0 Å². The number of carbonyl (C=O) groups excluding carboxylic acids is 2. The smallest absolute Gasteiger partial charge is 0.349 e. The predicted octanol–water partition coefficient (Wildman–Crippen LogP) is 5.36. The summed E-state index contributed by atoms with van der Waals surface area (Å²) in [7, 11) is 0. The Morgan fingerprint density at radius 1 is 0.848 bits per heavy atom. The molecule has 0 saturated carbocycles. The maximum Gasteiger partial charge on any atom is 0.349 e. The Balaban J connectivity index is 1.72. The van der Waals surface area contributed by atoms with Crippen LogP contribution in [0.25, 0.3) is 10.8 Å². The quantitative estimate of drug-likeness (QED) is 0.311. The Morgan fingerprint density at radius 3 is 2.27 bits per heavy atom. The van der Waals surface area contributed by atoms with Crippen LogP contribution in [-0.4, -0.2) is 18.5 Å². The van der Waals surface area contributed by atoms with Crippen LogP contribution in [0.4, 0.5) is 0 Å². The molecule has 33 heavy (non-hydrogen) atoms. The number of nitrogens with one attached hydrogen (secondary N) is 1. The Hall–Kier alpha value is -4.12. The molecule has 1 atom stereocenters. The second-order valence-corrected chi connectivity index (χ2v) is 7.82. The number of fused-ring (bicyclic) bond motifs is 1. The van der Waals surface area contributed by atoms with Crippen molar-refractivity contribution in [2.24, 2.45) is 0 Å². The summed E-state index contributed by atoms with van der Waals surface area (Å²) >= 11 is 0. The fraction of sp³-hybridized carbons (Fsp3) is 0.143. The number of aryl methyl sites for hydroxylation is 1. The van der Waals surface area contributed by atoms with E-state index in [1.165, 1.54) is 6.92 Å². The van der Waals surface area contributed by atoms with E-state index in [1.54, 1.807) is 18.2 Å². The van der Waals surface area contributed by atoms with Crippen LogP contribution in [-0.2, 0) is 9.59 Å². The molecule has 166 valence electrons. The summed E-state index contributed by atoms with van der Waals surface area (Å²) in [6, 6.07) is 28.0. The third-order valence-corrected chi connectivity index (χ3v) is 5.30. The summed E-state index contributed by atoms with van der Waals surface area (Å²) in [4.78, 5) is 24.8. The molecule has 1 amide bonds. The SMILES string of the molecule is CC(=O)N[C@H](c1ccc(C)cc1)c1c(OC(=O)COc2ccccc2)ccc2ccccc12. The van der Waals surface area contributed by atoms with Crippen LogP contribution in [0.3, 0.4) is 0 Å². The molecular weight excluding hydrogens is 414 g/mol. The van der Waals surface area contributed by atoms with Crippen LogP contribution in [0.2, 0.25) is 0 Å². The number of esters is 1. The van der Waals surface area contributed by atoms with E-state index in [9.17, 15) is 9.59 Å². The van der Waals surface area contributed by atoms with Crippen LogP contribution in [0, 0.1) is 6.92 Å². The lowest BCUT2D eigenvalue weighted by Crippen LogP contribution is -2.28. The van der Waals surface area contributed by atoms with E-state index in [0.29, 0.717) is 11.5 Å². The highest BCUT2D eigenvalue weighted by Crippen LogP contribution is 2.37. The van der Waals surface area contributed by atoms with E-state index in [-0.39, 0.29) is 12.5 Å². The summed E-state index contributed by atoms with van der Waals surface area (Å²) < 4.78 is 11.3. The van der Waals surface area contributed by atoms with Gasteiger partial charge in [0, 0.05) is 12.5 Å². The van der Waals surface area contributed by atoms with E-state index >= 15 is 0 Å². The van der Waals surface area contributed by atoms with Gasteiger partial charge >= 0.3 is 5.97 Å². The van der Waals surface area contributed by atoms with Gasteiger partial charge in [-0.25, -0.2) is 4.79 Å². The van der Waals surface area contributed by atoms with Crippen molar-refractivity contribution < 1.29 is 19.1 Å². The first kappa shape index (κ1) is 22.1. The zero-order valence-electron chi connectivity index (χ0n) is 18.6. The molecule has 0 aromatic heterocycles. The van der Waals surface area contributed by atoms with Gasteiger partial charge in [-0.1, -0.05) is 78.4 Å². The van der Waals surface area contributed by atoms with E-state index in [1.807, 2.05) is 79.7 Å². The first-order valence-electron chi connectivity index (χ1n) is 10.7. The Labute approximate surface area is 193 Å². The first-order valence-corrected chi connectivity index (χ1v) is 10.7. The normalized spacial score (nSPS) is 11.6. The predicted molar refractivity (Wildman–Crippen MR) is 128 cm³/mol. The molecule has 4 aromatic rings. The van der Waals surface area contributed by atoms with Gasteiger partial charge in [0.05, 0.1) is 6.04 Å². The van der Waals surface area contributed by atoms with Crippen LogP contribution in [0.1, 0.15) is 29.7 Å². The van der Waals surface area contributed by atoms with Crippen molar-refractivity contribution in [1.29, 1.82) is 0 Å². The fourth-order valence-electron chi connectivity index (χ4n) is 3.76. The largest absolute Gasteiger partial charge is 0.482 e. The molecule has 0 radical (unpaired) electrons. The molecule has 0 bridgehead atoms. The average Bonchev–Trinajstić information content (AvgIpc) is 2.82. The highest BCUT2D eigenvalue weighted by molar-refractivity contribution is 5.90. The number of ether oxygens (including phenoxy) is 2. The molecule has 4 aromatic carbocycles. The molecule has 4 rings (SSSR count). The maximum atomic E-state index is 12.7. The van der Waals surface area contributed by atoms with E-state index < -0.39 is 12.0 Å². The highest BCUT2D eigenvalue weighted by atomic mass is 16.6. The van der Waals surface area contributed by atoms with Gasteiger partial charge in [-0.3, -0.25) is 4.79 Å². The van der Waals surface area contributed by atoms with Crippen molar-refractivity contribution >= 4 is 22.6 Å². The van der Waals surface area contributed by atoms with Crippen LogP contribution in [0.15, 0.2) is 91.0 Å². The van der Waals surface area contributed by atoms with Gasteiger partial charge in [-0.05, 0) is 41.5 Å². The number of carbonyl (C=O) groups is 2. The lowest BCUT2D eigenvalue weighted by Gasteiger charge is -2.23. The molecule has 0 aliphatic heterocycles. The van der Waals surface area contributed by atoms with Gasteiger partial charge < -0.3 is 14.8 Å². The minimum atomic E-state index is -0.527. The molecular formula is C28H25NO4. The third kappa shape index (κ3) is 5.39. The van der Waals surface area contributed by atoms with Crippen molar-refractivity contribution in [3.05, 3.63) is 108 Å². The molecule has 0 unspecified atom stereocenters. The lowest BCUT2D eigenvalue weighted by atomic mass is 9.92. The minimum Gasteiger partial charge on any atom is -0.482 e. The number of hydrogen-bond donors (Lipinski definition) is 1. The van der Waals surface area contributed by atoms with E-state index in [4.69, 9.17) is 9.47 Å². The Kier molecular flexibility index (Phi) is 6.69. The van der Waals surface area contributed by atoms with E-state index in [2.05, 4.69) is 5.32 Å². The van der Waals surface area contributed by atoms with Gasteiger partial charge in [0.1, 0.15) is 11.5 Å². The standard InChI is InChI=1S/C28H25NO4/c1-19-12-14-22(15-13-19)28(29-20(2)30)27-24-11-7-6-8-21(24)16-17-25(27)33-26(31)18-32-23-9-4-3-5-10-23/h3-17,28H,18H2,1-2H3,(H,29,30)/t28-/m1/s1. The second-order valence-electron chi connectivity index (χ2n) is 7.82. The average molecular weight is 440 g/mol. The lowest BCUT2D eigenvalue weighted by molar-refractivity contribution is -0.136. The second kappa shape index (κ2) is 10.0. The highest BCUT2D eigenvalue weighted by Gasteiger charge is 2.24. The monoisotopic (exact) mass is 439 g/mol. The topological polar surface area (TPSA) is 64.6 Å². The van der Waals surface area contributed by atoms with Gasteiger partial charge in [0.2, 0.25) is 5.91 Å². The summed E-state index contributed by atoms with van der Waals surface area (Å²) in [5, 5.41) is 4.91. The van der Waals surface area contributed by atoms with E-state index in [0.717, 1.165) is 27.5 Å². The minimum absolute atomic E-state index is 0.182. The van der Waals surface area contributed by atoms with Crippen LogP contribution in [0.5, 0.6) is 11.5 Å². The summed E-state index contributed by atoms with van der Waals surface area (Å²) in [6.07, 6.45) is 0. The zero-order valence-corrected chi connectivity index (χ0v) is 18.6. The maximum absolute atomic E-state index is 12.7. The molecule has 0 heterocycles. The number of amides is 1. The molecule has 5 heteroatoms. The van der Waals surface area contributed by atoms with Crippen molar-refractivity contribution in [1.82, 2.24) is 5.32 Å². The molecule has 0 aliphatic carbocycles. The molecule has 0 aliphatic rings. The third-order valence-electron chi connectivity index (χ3n) is 5.30. The van der Waals surface area contributed by atoms with Gasteiger partial charge in [0.15, 0.2) is 6.61 Å². The number of rotatable bonds is 7. The van der Waals surface area contributed by atoms with Crippen molar-refractivity contribution in [2.45, 2.75) is 19.9 Å². The molecule has 5 nitrogen and oxygen atoms in total. The van der Waals surface area contributed by atoms with Crippen molar-refractivity contribution in [3.63, 3.8) is 0 Å². The summed E-state index contributed by atoms with van der Waals surface area (Å²) in [6.45, 7) is 3.26. The molecule has 0 fully saturated rings. The zero-order chi connectivity index (χ0) is 23.2. The first-order chi connectivity index (χ1) is 16.0. The van der Waals surface area contributed by atoms with Crippen LogP contribution >= 0.6 is 0 Å². The summed E-state index contributed by atoms with van der Waals surface area (Å²) in [5.74, 6) is 0.262.